The molecular weight excluding hydrogens is 502 g/mol. The second kappa shape index (κ2) is 7.52. The molecule has 0 aliphatic rings. The van der Waals surface area contributed by atoms with E-state index in [-0.39, 0.29) is 0 Å². The lowest BCUT2D eigenvalue weighted by Gasteiger charge is -2.12. The third-order valence-corrected chi connectivity index (χ3v) is 8.67. The van der Waals surface area contributed by atoms with E-state index in [9.17, 15) is 0 Å². The van der Waals surface area contributed by atoms with Crippen molar-refractivity contribution in [3.63, 3.8) is 0 Å². The summed E-state index contributed by atoms with van der Waals surface area (Å²) in [6.07, 6.45) is 0. The molecule has 0 saturated heterocycles. The van der Waals surface area contributed by atoms with Crippen LogP contribution in [0.4, 0.5) is 0 Å². The lowest BCUT2D eigenvalue weighted by molar-refractivity contribution is 0.669. The van der Waals surface area contributed by atoms with E-state index in [0.717, 1.165) is 49.7 Å². The Morgan fingerprint density at radius 2 is 1.20 bits per heavy atom. The maximum absolute atomic E-state index is 6.16. The number of fused-ring (bicyclic) bond motifs is 15. The normalized spacial score (nSPS) is 12.4. The summed E-state index contributed by atoms with van der Waals surface area (Å²) < 4.78 is 10.9. The number of hydrogen-bond acceptors (Lipinski definition) is 2. The standard InChI is InChI=1S/C37H21N3O/c1-2-11-26-23(9-1)25-18-19-32-35(36(25)40-31-15-7-5-13-29(31)38-37(26)40)27-12-3-6-14-30(27)39(32)22-17-20-34-28(21-22)24-10-4-8-16-33(24)41-34/h1-21H. The summed E-state index contributed by atoms with van der Waals surface area (Å²) in [7, 11) is 0. The first-order valence-corrected chi connectivity index (χ1v) is 13.9. The van der Waals surface area contributed by atoms with Crippen LogP contribution in [0.1, 0.15) is 0 Å². The number of rotatable bonds is 1. The van der Waals surface area contributed by atoms with Crippen LogP contribution in [0.3, 0.4) is 0 Å². The molecule has 4 nitrogen and oxygen atoms in total. The van der Waals surface area contributed by atoms with Gasteiger partial charge in [-0.1, -0.05) is 78.9 Å². The topological polar surface area (TPSA) is 35.4 Å². The van der Waals surface area contributed by atoms with Crippen LogP contribution in [-0.4, -0.2) is 14.0 Å². The van der Waals surface area contributed by atoms with Gasteiger partial charge in [-0.3, -0.25) is 4.40 Å². The number of hydrogen-bond donors (Lipinski definition) is 0. The molecule has 0 spiro atoms. The fraction of sp³-hybridized carbons (Fsp3) is 0. The Morgan fingerprint density at radius 1 is 0.488 bits per heavy atom. The third-order valence-electron chi connectivity index (χ3n) is 8.67. The van der Waals surface area contributed by atoms with Crippen molar-refractivity contribution in [1.82, 2.24) is 14.0 Å². The van der Waals surface area contributed by atoms with E-state index in [1.807, 2.05) is 12.1 Å². The Bertz CT molecular complexity index is 2700. The monoisotopic (exact) mass is 523 g/mol. The van der Waals surface area contributed by atoms with Crippen LogP contribution >= 0.6 is 0 Å². The maximum Gasteiger partial charge on any atom is 0.146 e. The van der Waals surface area contributed by atoms with E-state index in [2.05, 4.69) is 124 Å². The van der Waals surface area contributed by atoms with E-state index in [0.29, 0.717) is 0 Å². The molecule has 41 heavy (non-hydrogen) atoms. The number of nitrogens with zero attached hydrogens (tertiary/aromatic N) is 3. The van der Waals surface area contributed by atoms with Gasteiger partial charge in [0, 0.05) is 38.0 Å². The second-order valence-corrected chi connectivity index (χ2v) is 10.8. The Morgan fingerprint density at radius 3 is 2.10 bits per heavy atom. The van der Waals surface area contributed by atoms with Gasteiger partial charge in [-0.05, 0) is 53.9 Å². The molecule has 0 radical (unpaired) electrons. The van der Waals surface area contributed by atoms with Crippen molar-refractivity contribution in [2.45, 2.75) is 0 Å². The lowest BCUT2D eigenvalue weighted by Crippen LogP contribution is -1.95. The quantitative estimate of drug-likeness (QED) is 0.201. The van der Waals surface area contributed by atoms with Crippen LogP contribution in [-0.2, 0) is 0 Å². The molecule has 0 fully saturated rings. The molecule has 10 rings (SSSR count). The molecule has 0 N–H and O–H groups in total. The van der Waals surface area contributed by atoms with E-state index in [1.54, 1.807) is 0 Å². The largest absolute Gasteiger partial charge is 0.456 e. The summed E-state index contributed by atoms with van der Waals surface area (Å²) in [4.78, 5) is 5.15. The minimum absolute atomic E-state index is 0.902. The molecule has 0 amide bonds. The molecule has 6 aromatic carbocycles. The zero-order chi connectivity index (χ0) is 26.7. The summed E-state index contributed by atoms with van der Waals surface area (Å²) in [6.45, 7) is 0. The lowest BCUT2D eigenvalue weighted by atomic mass is 10.0. The van der Waals surface area contributed by atoms with Crippen molar-refractivity contribution in [3.05, 3.63) is 127 Å². The first-order chi connectivity index (χ1) is 20.3. The van der Waals surface area contributed by atoms with Gasteiger partial charge in [0.1, 0.15) is 16.8 Å². The summed E-state index contributed by atoms with van der Waals surface area (Å²) in [5.41, 5.74) is 9.57. The summed E-state index contributed by atoms with van der Waals surface area (Å²) in [5, 5.41) is 8.32. The van der Waals surface area contributed by atoms with Gasteiger partial charge in [0.25, 0.3) is 0 Å². The molecule has 0 aliphatic heterocycles. The Hall–Kier alpha value is -5.61. The van der Waals surface area contributed by atoms with E-state index in [4.69, 9.17) is 9.40 Å². The molecule has 10 aromatic rings. The highest BCUT2D eigenvalue weighted by atomic mass is 16.3. The first-order valence-electron chi connectivity index (χ1n) is 13.9. The smallest absolute Gasteiger partial charge is 0.146 e. The van der Waals surface area contributed by atoms with Crippen LogP contribution in [0.25, 0.3) is 87.8 Å². The van der Waals surface area contributed by atoms with Crippen molar-refractivity contribution in [3.8, 4) is 5.69 Å². The Kier molecular flexibility index (Phi) is 3.90. The van der Waals surface area contributed by atoms with Crippen LogP contribution in [0.15, 0.2) is 132 Å². The number of aromatic nitrogens is 3. The van der Waals surface area contributed by atoms with Gasteiger partial charge in [0.05, 0.1) is 27.6 Å². The van der Waals surface area contributed by atoms with E-state index in [1.165, 1.54) is 38.1 Å². The minimum Gasteiger partial charge on any atom is -0.456 e. The number of furan rings is 1. The van der Waals surface area contributed by atoms with Gasteiger partial charge in [0.2, 0.25) is 0 Å². The average Bonchev–Trinajstić information content (AvgIpc) is 3.70. The molecule has 190 valence electrons. The molecule has 0 bridgehead atoms. The van der Waals surface area contributed by atoms with Crippen LogP contribution in [0, 0.1) is 0 Å². The Labute approximate surface area is 233 Å². The van der Waals surface area contributed by atoms with Crippen molar-refractivity contribution in [2.75, 3.05) is 0 Å². The summed E-state index contributed by atoms with van der Waals surface area (Å²) >= 11 is 0. The highest BCUT2D eigenvalue weighted by Gasteiger charge is 2.21. The predicted molar refractivity (Wildman–Crippen MR) is 169 cm³/mol. The summed E-state index contributed by atoms with van der Waals surface area (Å²) in [5.74, 6) is 0. The van der Waals surface area contributed by atoms with Crippen LogP contribution in [0.5, 0.6) is 0 Å². The van der Waals surface area contributed by atoms with Gasteiger partial charge in [-0.25, -0.2) is 4.98 Å². The molecule has 0 unspecified atom stereocenters. The number of benzene rings is 6. The van der Waals surface area contributed by atoms with Gasteiger partial charge in [-0.15, -0.1) is 0 Å². The van der Waals surface area contributed by atoms with E-state index < -0.39 is 0 Å². The first kappa shape index (κ1) is 21.2. The molecule has 4 heteroatoms. The van der Waals surface area contributed by atoms with Crippen molar-refractivity contribution >= 4 is 82.1 Å². The van der Waals surface area contributed by atoms with Gasteiger partial charge in [-0.2, -0.15) is 0 Å². The van der Waals surface area contributed by atoms with Gasteiger partial charge < -0.3 is 8.98 Å². The second-order valence-electron chi connectivity index (χ2n) is 10.8. The molecule has 0 aliphatic carbocycles. The fourth-order valence-electron chi connectivity index (χ4n) is 6.97. The molecule has 4 heterocycles. The number of para-hydroxylation sites is 4. The maximum atomic E-state index is 6.16. The SMILES string of the molecule is c1ccc2c(c1)nc1c3ccccc3c3ccc4c(c5ccccc5n4-c4ccc5oc6ccccc6c5c4)c3n21. The number of imidazole rings is 1. The predicted octanol–water partition coefficient (Wildman–Crippen LogP) is 9.79. The fourth-order valence-corrected chi connectivity index (χ4v) is 6.97. The zero-order valence-corrected chi connectivity index (χ0v) is 21.9. The van der Waals surface area contributed by atoms with Crippen molar-refractivity contribution in [2.24, 2.45) is 0 Å². The Balaban J connectivity index is 1.44. The van der Waals surface area contributed by atoms with Gasteiger partial charge >= 0.3 is 0 Å². The van der Waals surface area contributed by atoms with Crippen LogP contribution in [0.2, 0.25) is 0 Å². The molecule has 0 atom stereocenters. The summed E-state index contributed by atoms with van der Waals surface area (Å²) in [6, 6.07) is 45.2. The highest BCUT2D eigenvalue weighted by molar-refractivity contribution is 6.26. The molecular formula is C37H21N3O. The van der Waals surface area contributed by atoms with Crippen LogP contribution < -0.4 is 0 Å². The van der Waals surface area contributed by atoms with Crippen molar-refractivity contribution in [1.29, 1.82) is 0 Å². The van der Waals surface area contributed by atoms with Gasteiger partial charge in [0.15, 0.2) is 0 Å². The molecule has 0 saturated carbocycles. The average molecular weight is 524 g/mol. The zero-order valence-electron chi connectivity index (χ0n) is 21.9. The van der Waals surface area contributed by atoms with Crippen molar-refractivity contribution < 1.29 is 4.42 Å². The highest BCUT2D eigenvalue weighted by Crippen LogP contribution is 2.41. The number of pyridine rings is 1. The van der Waals surface area contributed by atoms with E-state index >= 15 is 0 Å². The third kappa shape index (κ3) is 2.66. The molecule has 4 aromatic heterocycles. The minimum atomic E-state index is 0.902.